The van der Waals surface area contributed by atoms with Crippen LogP contribution < -0.4 is 4.74 Å². The van der Waals surface area contributed by atoms with E-state index in [9.17, 15) is 9.59 Å². The number of hydrogen-bond acceptors (Lipinski definition) is 3. The molecule has 5 heteroatoms. The molecule has 148 valence electrons. The van der Waals surface area contributed by atoms with Crippen LogP contribution in [-0.2, 0) is 5.41 Å². The third-order valence-electron chi connectivity index (χ3n) is 5.19. The maximum atomic E-state index is 12.8. The molecule has 2 aromatic carbocycles. The van der Waals surface area contributed by atoms with Crippen LogP contribution in [-0.4, -0.2) is 54.9 Å². The van der Waals surface area contributed by atoms with E-state index in [4.69, 9.17) is 4.74 Å². The number of amides is 2. The van der Waals surface area contributed by atoms with Gasteiger partial charge in [-0.2, -0.15) is 0 Å². The van der Waals surface area contributed by atoms with Crippen LogP contribution in [0.25, 0.3) is 0 Å². The molecule has 3 rings (SSSR count). The molecular formula is C23H28N2O3. The number of methoxy groups -OCH3 is 1. The van der Waals surface area contributed by atoms with Gasteiger partial charge in [-0.1, -0.05) is 32.9 Å². The highest BCUT2D eigenvalue weighted by molar-refractivity contribution is 5.96. The molecule has 1 fully saturated rings. The molecule has 0 N–H and O–H groups in total. The van der Waals surface area contributed by atoms with E-state index < -0.39 is 0 Å². The Hall–Kier alpha value is -2.82. The summed E-state index contributed by atoms with van der Waals surface area (Å²) in [6.07, 6.45) is 0. The third-order valence-corrected chi connectivity index (χ3v) is 5.19. The standard InChI is InChI=1S/C23H28N2O3/c1-23(2,3)19-9-5-17(6-10-19)21(26)24-13-15-25(16-14-24)22(27)18-7-11-20(28-4)12-8-18/h5-12H,13-16H2,1-4H3. The molecule has 1 aliphatic heterocycles. The molecule has 0 unspecified atom stereocenters. The summed E-state index contributed by atoms with van der Waals surface area (Å²) >= 11 is 0. The molecule has 0 spiro atoms. The van der Waals surface area contributed by atoms with Crippen molar-refractivity contribution in [2.45, 2.75) is 26.2 Å². The molecule has 2 amide bonds. The molecule has 5 nitrogen and oxygen atoms in total. The van der Waals surface area contributed by atoms with Gasteiger partial charge in [0.15, 0.2) is 0 Å². The van der Waals surface area contributed by atoms with Crippen LogP contribution in [0.5, 0.6) is 5.75 Å². The van der Waals surface area contributed by atoms with Crippen LogP contribution in [0.2, 0.25) is 0 Å². The maximum absolute atomic E-state index is 12.8. The zero-order chi connectivity index (χ0) is 20.3. The number of carbonyl (C=O) groups excluding carboxylic acids is 2. The predicted octanol–water partition coefficient (Wildman–Crippen LogP) is 3.59. The fraction of sp³-hybridized carbons (Fsp3) is 0.391. The van der Waals surface area contributed by atoms with Gasteiger partial charge in [0.1, 0.15) is 5.75 Å². The first-order valence-electron chi connectivity index (χ1n) is 9.63. The van der Waals surface area contributed by atoms with Gasteiger partial charge in [0.05, 0.1) is 7.11 Å². The van der Waals surface area contributed by atoms with Gasteiger partial charge in [-0.05, 0) is 47.4 Å². The van der Waals surface area contributed by atoms with Gasteiger partial charge < -0.3 is 14.5 Å². The van der Waals surface area contributed by atoms with Gasteiger partial charge in [0, 0.05) is 37.3 Å². The van der Waals surface area contributed by atoms with Crippen molar-refractivity contribution in [2.24, 2.45) is 0 Å². The number of rotatable bonds is 3. The first kappa shape index (κ1) is 19.9. The fourth-order valence-electron chi connectivity index (χ4n) is 3.32. The van der Waals surface area contributed by atoms with E-state index in [1.54, 1.807) is 36.3 Å². The van der Waals surface area contributed by atoms with Gasteiger partial charge in [-0.3, -0.25) is 9.59 Å². The lowest BCUT2D eigenvalue weighted by Crippen LogP contribution is -2.50. The molecule has 1 saturated heterocycles. The minimum absolute atomic E-state index is 0.00992. The van der Waals surface area contributed by atoms with E-state index >= 15 is 0 Å². The predicted molar refractivity (Wildman–Crippen MR) is 110 cm³/mol. The van der Waals surface area contributed by atoms with Crippen LogP contribution in [0.4, 0.5) is 0 Å². The normalized spacial score (nSPS) is 14.7. The summed E-state index contributed by atoms with van der Waals surface area (Å²) in [7, 11) is 1.60. The number of ether oxygens (including phenoxy) is 1. The van der Waals surface area contributed by atoms with Crippen molar-refractivity contribution >= 4 is 11.8 Å². The third kappa shape index (κ3) is 4.35. The highest BCUT2D eigenvalue weighted by atomic mass is 16.5. The lowest BCUT2D eigenvalue weighted by molar-refractivity contribution is 0.0535. The summed E-state index contributed by atoms with van der Waals surface area (Å²) in [6, 6.07) is 15.0. The summed E-state index contributed by atoms with van der Waals surface area (Å²) in [4.78, 5) is 29.1. The first-order valence-corrected chi connectivity index (χ1v) is 9.63. The van der Waals surface area contributed by atoms with E-state index in [-0.39, 0.29) is 17.2 Å². The van der Waals surface area contributed by atoms with Crippen molar-refractivity contribution in [3.63, 3.8) is 0 Å². The van der Waals surface area contributed by atoms with Crippen molar-refractivity contribution in [3.05, 3.63) is 65.2 Å². The largest absolute Gasteiger partial charge is 0.497 e. The molecule has 0 saturated carbocycles. The van der Waals surface area contributed by atoms with E-state index in [1.807, 2.05) is 29.2 Å². The molecular weight excluding hydrogens is 352 g/mol. The topological polar surface area (TPSA) is 49.9 Å². The van der Waals surface area contributed by atoms with E-state index in [0.29, 0.717) is 37.3 Å². The minimum atomic E-state index is -0.00992. The highest BCUT2D eigenvalue weighted by Gasteiger charge is 2.25. The Morgan fingerprint density at radius 1 is 0.750 bits per heavy atom. The minimum Gasteiger partial charge on any atom is -0.497 e. The lowest BCUT2D eigenvalue weighted by atomic mass is 9.86. The number of nitrogens with zero attached hydrogens (tertiary/aromatic N) is 2. The molecule has 0 aromatic heterocycles. The van der Waals surface area contributed by atoms with Crippen LogP contribution in [0.15, 0.2) is 48.5 Å². The summed E-state index contributed by atoms with van der Waals surface area (Å²) in [5, 5.41) is 0. The summed E-state index contributed by atoms with van der Waals surface area (Å²) in [6.45, 7) is 8.63. The van der Waals surface area contributed by atoms with Crippen LogP contribution >= 0.6 is 0 Å². The van der Waals surface area contributed by atoms with Gasteiger partial charge >= 0.3 is 0 Å². The SMILES string of the molecule is COc1ccc(C(=O)N2CCN(C(=O)c3ccc(C(C)(C)C)cc3)CC2)cc1. The molecule has 28 heavy (non-hydrogen) atoms. The molecule has 1 heterocycles. The van der Waals surface area contributed by atoms with Gasteiger partial charge in [-0.15, -0.1) is 0 Å². The smallest absolute Gasteiger partial charge is 0.253 e. The number of benzene rings is 2. The average molecular weight is 380 g/mol. The molecule has 0 aliphatic carbocycles. The summed E-state index contributed by atoms with van der Waals surface area (Å²) in [5.74, 6) is 0.741. The Balaban J connectivity index is 1.59. The molecule has 1 aliphatic rings. The molecule has 0 atom stereocenters. The van der Waals surface area contributed by atoms with E-state index in [1.165, 1.54) is 5.56 Å². The Bertz CT molecular complexity index is 828. The molecule has 2 aromatic rings. The van der Waals surface area contributed by atoms with E-state index in [2.05, 4.69) is 20.8 Å². The van der Waals surface area contributed by atoms with Crippen LogP contribution in [0.1, 0.15) is 47.1 Å². The van der Waals surface area contributed by atoms with Gasteiger partial charge in [0.25, 0.3) is 11.8 Å². The summed E-state index contributed by atoms with van der Waals surface area (Å²) in [5.41, 5.74) is 2.61. The Morgan fingerprint density at radius 3 is 1.50 bits per heavy atom. The number of hydrogen-bond donors (Lipinski definition) is 0. The van der Waals surface area contributed by atoms with Crippen LogP contribution in [0.3, 0.4) is 0 Å². The van der Waals surface area contributed by atoms with Gasteiger partial charge in [-0.25, -0.2) is 0 Å². The van der Waals surface area contributed by atoms with E-state index in [0.717, 1.165) is 5.75 Å². The number of carbonyl (C=O) groups is 2. The average Bonchev–Trinajstić information content (AvgIpc) is 2.72. The second-order valence-electron chi connectivity index (χ2n) is 8.14. The monoisotopic (exact) mass is 380 g/mol. The van der Waals surface area contributed by atoms with Gasteiger partial charge in [0.2, 0.25) is 0 Å². The highest BCUT2D eigenvalue weighted by Crippen LogP contribution is 2.23. The molecule has 0 radical (unpaired) electrons. The van der Waals surface area contributed by atoms with Crippen molar-refractivity contribution in [2.75, 3.05) is 33.3 Å². The first-order chi connectivity index (χ1) is 13.3. The summed E-state index contributed by atoms with van der Waals surface area (Å²) < 4.78 is 5.13. The Morgan fingerprint density at radius 2 is 1.14 bits per heavy atom. The van der Waals surface area contributed by atoms with Crippen molar-refractivity contribution in [1.29, 1.82) is 0 Å². The van der Waals surface area contributed by atoms with Crippen molar-refractivity contribution < 1.29 is 14.3 Å². The number of piperazine rings is 1. The maximum Gasteiger partial charge on any atom is 0.253 e. The van der Waals surface area contributed by atoms with Crippen LogP contribution in [0, 0.1) is 0 Å². The van der Waals surface area contributed by atoms with Crippen molar-refractivity contribution in [3.8, 4) is 5.75 Å². The second kappa shape index (κ2) is 8.05. The lowest BCUT2D eigenvalue weighted by Gasteiger charge is -2.35. The zero-order valence-electron chi connectivity index (χ0n) is 17.1. The quantitative estimate of drug-likeness (QED) is 0.818. The second-order valence-corrected chi connectivity index (χ2v) is 8.14. The molecule has 0 bridgehead atoms. The zero-order valence-corrected chi connectivity index (χ0v) is 17.1. The Labute approximate surface area is 166 Å². The Kier molecular flexibility index (Phi) is 5.73. The van der Waals surface area contributed by atoms with Crippen molar-refractivity contribution in [1.82, 2.24) is 9.80 Å². The fourth-order valence-corrected chi connectivity index (χ4v) is 3.32.